The predicted octanol–water partition coefficient (Wildman–Crippen LogP) is -2.01. The summed E-state index contributed by atoms with van der Waals surface area (Å²) in [4.78, 5) is 0. The molecule has 16 heavy (non-hydrogen) atoms. The molecule has 0 bridgehead atoms. The molecule has 0 aliphatic heterocycles. The van der Waals surface area contributed by atoms with Gasteiger partial charge in [-0.05, 0) is 17.8 Å². The van der Waals surface area contributed by atoms with Crippen LogP contribution in [-0.4, -0.2) is 0 Å². The molecule has 0 amide bonds. The Morgan fingerprint density at radius 3 is 2.56 bits per heavy atom. The minimum absolute atomic E-state index is 0. The van der Waals surface area contributed by atoms with Crippen LogP contribution in [0.5, 0.6) is 0 Å². The van der Waals surface area contributed by atoms with Crippen LogP contribution in [0.1, 0.15) is 46.5 Å². The third kappa shape index (κ3) is 4.07. The average molecular weight is 339 g/mol. The quantitative estimate of drug-likeness (QED) is 0.448. The van der Waals surface area contributed by atoms with Crippen LogP contribution in [0.4, 0.5) is 0 Å². The zero-order valence-electron chi connectivity index (χ0n) is 10.4. The molecule has 0 aromatic carbocycles. The molecule has 0 aromatic rings. The summed E-state index contributed by atoms with van der Waals surface area (Å²) in [5.74, 6) is 1.67. The maximum absolute atomic E-state index is 2.50. The molecule has 3 heteroatoms. The van der Waals surface area contributed by atoms with E-state index >= 15 is 0 Å². The predicted molar refractivity (Wildman–Crippen MR) is 57.3 cm³/mol. The van der Waals surface area contributed by atoms with Crippen LogP contribution in [0.2, 0.25) is 0 Å². The van der Waals surface area contributed by atoms with Crippen LogP contribution >= 0.6 is 0 Å². The molecular weight excluding hydrogens is 318 g/mol. The molecule has 0 saturated heterocycles. The summed E-state index contributed by atoms with van der Waals surface area (Å²) in [6, 6.07) is 0. The summed E-state index contributed by atoms with van der Waals surface area (Å²) >= 11 is 0. The second-order valence-corrected chi connectivity index (χ2v) is 5.52. The molecule has 1 saturated carbocycles. The minimum Gasteiger partial charge on any atom is -1.00 e. The Morgan fingerprint density at radius 2 is 1.94 bits per heavy atom. The van der Waals surface area contributed by atoms with Gasteiger partial charge in [0, 0.05) is 0 Å². The van der Waals surface area contributed by atoms with Crippen LogP contribution < -0.4 is 24.8 Å². The van der Waals surface area contributed by atoms with Gasteiger partial charge in [0.05, 0.1) is 0 Å². The van der Waals surface area contributed by atoms with Crippen molar-refractivity contribution in [3.05, 3.63) is 18.1 Å². The number of hydrogen-bond acceptors (Lipinski definition) is 0. The molecule has 0 N–H and O–H groups in total. The molecule has 1 fully saturated rings. The molecule has 2 aliphatic carbocycles. The molecule has 0 aromatic heterocycles. The van der Waals surface area contributed by atoms with Crippen molar-refractivity contribution < 1.29 is 51.0 Å². The number of allylic oxidation sites excluding steroid dienone is 2. The Kier molecular flexibility index (Phi) is 9.09. The van der Waals surface area contributed by atoms with Crippen LogP contribution in [-0.2, 0) is 26.2 Å². The van der Waals surface area contributed by atoms with E-state index in [4.69, 9.17) is 0 Å². The zero-order chi connectivity index (χ0) is 9.47. The fourth-order valence-corrected chi connectivity index (χ4v) is 3.00. The maximum atomic E-state index is 2.50. The first-order valence-electron chi connectivity index (χ1n) is 5.64. The van der Waals surface area contributed by atoms with Gasteiger partial charge in [0.2, 0.25) is 0 Å². The molecule has 2 unspecified atom stereocenters. The Balaban J connectivity index is 0. The van der Waals surface area contributed by atoms with Crippen LogP contribution in [0.25, 0.3) is 0 Å². The molecule has 2 aliphatic rings. The molecule has 0 spiro atoms. The molecular formula is C13H21Cl2Zr. The van der Waals surface area contributed by atoms with Crippen LogP contribution in [0.15, 0.2) is 11.6 Å². The van der Waals surface area contributed by atoms with Crippen molar-refractivity contribution >= 4 is 0 Å². The van der Waals surface area contributed by atoms with E-state index in [0.717, 1.165) is 11.8 Å². The van der Waals surface area contributed by atoms with Gasteiger partial charge in [-0.3, -0.25) is 0 Å². The van der Waals surface area contributed by atoms with Crippen molar-refractivity contribution in [2.24, 2.45) is 17.3 Å². The normalized spacial score (nSPS) is 30.3. The smallest absolute Gasteiger partial charge is 1.00 e. The van der Waals surface area contributed by atoms with Gasteiger partial charge in [0.1, 0.15) is 0 Å². The van der Waals surface area contributed by atoms with Crippen molar-refractivity contribution in [2.45, 2.75) is 46.5 Å². The second kappa shape index (κ2) is 7.50. The number of rotatable bonds is 0. The van der Waals surface area contributed by atoms with Gasteiger partial charge in [-0.15, -0.1) is 6.42 Å². The summed E-state index contributed by atoms with van der Waals surface area (Å²) in [6.07, 6.45) is 10.5. The monoisotopic (exact) mass is 337 g/mol. The van der Waals surface area contributed by atoms with E-state index in [1.165, 1.54) is 25.7 Å². The fourth-order valence-electron chi connectivity index (χ4n) is 3.00. The van der Waals surface area contributed by atoms with E-state index < -0.39 is 0 Å². The van der Waals surface area contributed by atoms with Gasteiger partial charge < -0.3 is 24.8 Å². The number of halogens is 2. The van der Waals surface area contributed by atoms with Gasteiger partial charge >= 0.3 is 26.2 Å². The number of hydrogen-bond donors (Lipinski definition) is 0. The fraction of sp³-hybridized carbons (Fsp3) is 0.769. The zero-order valence-corrected chi connectivity index (χ0v) is 14.4. The standard InChI is InChI=1S/C13H21.2ClH.Zr/c1-10-8-11-6-4-5-7-13(2,3)12(11)9-10;;;/h6,8,10,12H,4-5,7,9H2,1-3H3;2*1H;/q-1;;;+3/p-2. The van der Waals surface area contributed by atoms with Gasteiger partial charge in [-0.2, -0.15) is 0 Å². The van der Waals surface area contributed by atoms with Gasteiger partial charge in [-0.1, -0.05) is 39.5 Å². The van der Waals surface area contributed by atoms with E-state index in [0.29, 0.717) is 5.41 Å². The van der Waals surface area contributed by atoms with E-state index in [1.807, 2.05) is 0 Å². The van der Waals surface area contributed by atoms with Gasteiger partial charge in [-0.25, -0.2) is 18.1 Å². The van der Waals surface area contributed by atoms with Crippen molar-refractivity contribution in [1.29, 1.82) is 0 Å². The topological polar surface area (TPSA) is 0 Å². The third-order valence-corrected chi connectivity index (χ3v) is 3.84. The van der Waals surface area contributed by atoms with Crippen molar-refractivity contribution in [1.82, 2.24) is 0 Å². The van der Waals surface area contributed by atoms with E-state index in [2.05, 4.69) is 33.3 Å². The molecule has 0 nitrogen and oxygen atoms in total. The van der Waals surface area contributed by atoms with Crippen molar-refractivity contribution in [3.63, 3.8) is 0 Å². The second-order valence-electron chi connectivity index (χ2n) is 5.52. The Hall–Kier alpha value is 1.07. The van der Waals surface area contributed by atoms with E-state index in [1.54, 1.807) is 5.57 Å². The molecule has 1 radical (unpaired) electrons. The van der Waals surface area contributed by atoms with E-state index in [-0.39, 0.29) is 51.0 Å². The third-order valence-electron chi connectivity index (χ3n) is 3.84. The first-order valence-corrected chi connectivity index (χ1v) is 5.64. The first kappa shape index (κ1) is 19.4. The molecule has 2 atom stereocenters. The van der Waals surface area contributed by atoms with Crippen molar-refractivity contribution in [2.75, 3.05) is 0 Å². The summed E-state index contributed by atoms with van der Waals surface area (Å²) in [6.45, 7) is 7.25. The van der Waals surface area contributed by atoms with E-state index in [9.17, 15) is 0 Å². The summed E-state index contributed by atoms with van der Waals surface area (Å²) in [7, 11) is 0. The molecule has 91 valence electrons. The van der Waals surface area contributed by atoms with Crippen molar-refractivity contribution in [3.8, 4) is 0 Å². The summed E-state index contributed by atoms with van der Waals surface area (Å²) in [5, 5.41) is 0. The molecule has 0 heterocycles. The molecule has 2 rings (SSSR count). The van der Waals surface area contributed by atoms with Crippen LogP contribution in [0, 0.1) is 23.7 Å². The summed E-state index contributed by atoms with van der Waals surface area (Å²) < 4.78 is 0. The Bertz CT molecular complexity index is 236. The van der Waals surface area contributed by atoms with Crippen LogP contribution in [0.3, 0.4) is 0 Å². The Labute approximate surface area is 132 Å². The summed E-state index contributed by atoms with van der Waals surface area (Å²) in [5.41, 5.74) is 2.21. The SMILES string of the molecule is CC1[CH-]C2=CCCCC(C)(C)C2C1.[Cl-].[Cl-].[Zr+3]. The Morgan fingerprint density at radius 1 is 1.31 bits per heavy atom. The van der Waals surface area contributed by atoms with Gasteiger partial charge in [0.25, 0.3) is 0 Å². The minimum atomic E-state index is 0. The van der Waals surface area contributed by atoms with Gasteiger partial charge in [0.15, 0.2) is 0 Å². The first-order chi connectivity index (χ1) is 6.09. The average Bonchev–Trinajstić information content (AvgIpc) is 2.36. The number of fused-ring (bicyclic) bond motifs is 1. The maximum Gasteiger partial charge on any atom is 3.00 e. The largest absolute Gasteiger partial charge is 3.00 e.